The first-order valence-electron chi connectivity index (χ1n) is 14.4. The first kappa shape index (κ1) is 31.0. The number of aryl methyl sites for hydroxylation is 1. The van der Waals surface area contributed by atoms with Gasteiger partial charge in [-0.15, -0.1) is 11.3 Å². The molecule has 1 aliphatic rings. The average Bonchev–Trinajstić information content (AvgIpc) is 3.33. The van der Waals surface area contributed by atoms with Gasteiger partial charge in [0.05, 0.1) is 28.4 Å². The van der Waals surface area contributed by atoms with Crippen molar-refractivity contribution in [2.45, 2.75) is 52.2 Å². The van der Waals surface area contributed by atoms with Crippen LogP contribution in [0.1, 0.15) is 38.6 Å². The summed E-state index contributed by atoms with van der Waals surface area (Å²) in [5.74, 6) is 1.73. The number of carbonyl (C=O) groups is 1. The molecule has 2 heterocycles. The van der Waals surface area contributed by atoms with Crippen LogP contribution in [-0.4, -0.2) is 96.7 Å². The molecule has 1 fully saturated rings. The lowest BCUT2D eigenvalue weighted by Gasteiger charge is -2.35. The van der Waals surface area contributed by atoms with E-state index in [0.717, 1.165) is 72.3 Å². The van der Waals surface area contributed by atoms with E-state index in [4.69, 9.17) is 18.9 Å². The van der Waals surface area contributed by atoms with Gasteiger partial charge in [0.15, 0.2) is 5.60 Å². The van der Waals surface area contributed by atoms with E-state index in [0.29, 0.717) is 25.5 Å². The number of nitrogens with zero attached hydrogens (tertiary/aromatic N) is 3. The fourth-order valence-electron chi connectivity index (χ4n) is 4.72. The topological polar surface area (TPSA) is 93.6 Å². The summed E-state index contributed by atoms with van der Waals surface area (Å²) in [6.07, 6.45) is 1.50. The molecule has 9 nitrogen and oxygen atoms in total. The number of benzene rings is 2. The van der Waals surface area contributed by atoms with Crippen LogP contribution in [0.15, 0.2) is 42.5 Å². The summed E-state index contributed by atoms with van der Waals surface area (Å²) in [5.41, 5.74) is -0.102. The Labute approximate surface area is 247 Å². The minimum absolute atomic E-state index is 0.274. The van der Waals surface area contributed by atoms with E-state index in [2.05, 4.69) is 14.8 Å². The first-order valence-corrected chi connectivity index (χ1v) is 15.3. The largest absolute Gasteiger partial charge is 0.494 e. The van der Waals surface area contributed by atoms with E-state index in [9.17, 15) is 9.90 Å². The zero-order valence-corrected chi connectivity index (χ0v) is 25.5. The number of aliphatic hydroxyl groups excluding tert-OH is 1. The average molecular weight is 586 g/mol. The van der Waals surface area contributed by atoms with Crippen molar-refractivity contribution in [3.05, 3.63) is 47.5 Å². The highest BCUT2D eigenvalue weighted by Crippen LogP contribution is 2.26. The molecule has 0 bridgehead atoms. The molecule has 1 N–H and O–H groups in total. The van der Waals surface area contributed by atoms with Gasteiger partial charge in [0.25, 0.3) is 0 Å². The summed E-state index contributed by atoms with van der Waals surface area (Å²) in [5, 5.41) is 11.6. The van der Waals surface area contributed by atoms with Crippen LogP contribution in [0.3, 0.4) is 0 Å². The highest BCUT2D eigenvalue weighted by atomic mass is 32.1. The van der Waals surface area contributed by atoms with E-state index in [1.54, 1.807) is 44.2 Å². The molecule has 0 spiro atoms. The fraction of sp³-hybridized carbons (Fsp3) is 0.548. The monoisotopic (exact) mass is 585 g/mol. The van der Waals surface area contributed by atoms with Crippen LogP contribution in [-0.2, 0) is 9.53 Å². The van der Waals surface area contributed by atoms with Gasteiger partial charge in [-0.25, -0.2) is 9.78 Å². The summed E-state index contributed by atoms with van der Waals surface area (Å²) < 4.78 is 23.7. The van der Waals surface area contributed by atoms with Crippen LogP contribution >= 0.6 is 11.3 Å². The normalized spacial score (nSPS) is 15.5. The van der Waals surface area contributed by atoms with Gasteiger partial charge in [-0.1, -0.05) is 0 Å². The molecule has 224 valence electrons. The number of unbranched alkanes of at least 4 members (excludes halogenated alkanes) is 1. The molecule has 0 radical (unpaired) electrons. The molecule has 1 atom stereocenters. The van der Waals surface area contributed by atoms with E-state index in [1.807, 2.05) is 37.3 Å². The number of rotatable bonds is 15. The molecular formula is C31H43N3O6S. The summed E-state index contributed by atoms with van der Waals surface area (Å²) >= 11 is 1.67. The number of esters is 1. The van der Waals surface area contributed by atoms with E-state index < -0.39 is 11.7 Å². The Kier molecular flexibility index (Phi) is 11.2. The summed E-state index contributed by atoms with van der Waals surface area (Å²) in [6.45, 7) is 13.9. The minimum atomic E-state index is -1.05. The van der Waals surface area contributed by atoms with Crippen molar-refractivity contribution >= 4 is 27.5 Å². The number of piperazine rings is 1. The van der Waals surface area contributed by atoms with E-state index in [1.165, 1.54) is 0 Å². The maximum absolute atomic E-state index is 12.0. The second kappa shape index (κ2) is 14.8. The zero-order valence-electron chi connectivity index (χ0n) is 24.6. The van der Waals surface area contributed by atoms with Crippen molar-refractivity contribution in [1.82, 2.24) is 14.8 Å². The smallest absolute Gasteiger partial charge is 0.349 e. The number of ether oxygens (including phenoxy) is 4. The number of fused-ring (bicyclic) bond motifs is 1. The Morgan fingerprint density at radius 2 is 1.68 bits per heavy atom. The second-order valence-corrected chi connectivity index (χ2v) is 12.1. The number of β-amino-alcohol motifs (C(OH)–C–C–N with tert-alkyl or cyclic N) is 1. The lowest BCUT2D eigenvalue weighted by Crippen LogP contribution is -2.49. The lowest BCUT2D eigenvalue weighted by atomic mass is 10.1. The zero-order chi connectivity index (χ0) is 29.2. The Morgan fingerprint density at radius 3 is 2.41 bits per heavy atom. The Bertz CT molecular complexity index is 1240. The molecule has 0 unspecified atom stereocenters. The molecule has 3 aromatic rings. The molecule has 1 aromatic heterocycles. The van der Waals surface area contributed by atoms with Gasteiger partial charge in [0, 0.05) is 38.8 Å². The van der Waals surface area contributed by atoms with Crippen molar-refractivity contribution in [3.8, 4) is 17.2 Å². The Morgan fingerprint density at radius 1 is 1.00 bits per heavy atom. The number of hydrogen-bond acceptors (Lipinski definition) is 10. The third-order valence-electron chi connectivity index (χ3n) is 6.94. The van der Waals surface area contributed by atoms with Crippen LogP contribution < -0.4 is 14.2 Å². The maximum Gasteiger partial charge on any atom is 0.349 e. The van der Waals surface area contributed by atoms with Crippen LogP contribution in [0.25, 0.3) is 10.2 Å². The summed E-state index contributed by atoms with van der Waals surface area (Å²) in [6, 6.07) is 13.2. The van der Waals surface area contributed by atoms with Gasteiger partial charge in [0.1, 0.15) is 30.0 Å². The predicted octanol–water partition coefficient (Wildman–Crippen LogP) is 4.54. The third-order valence-corrected chi connectivity index (χ3v) is 7.90. The van der Waals surface area contributed by atoms with Crippen LogP contribution in [0, 0.1) is 6.92 Å². The Balaban J connectivity index is 1.06. The molecule has 10 heteroatoms. The van der Waals surface area contributed by atoms with Crippen LogP contribution in [0.4, 0.5) is 0 Å². The highest BCUT2D eigenvalue weighted by Gasteiger charge is 2.31. The summed E-state index contributed by atoms with van der Waals surface area (Å²) in [4.78, 5) is 21.3. The molecule has 2 aromatic carbocycles. The summed E-state index contributed by atoms with van der Waals surface area (Å²) in [7, 11) is 0. The van der Waals surface area contributed by atoms with Crippen molar-refractivity contribution < 1.29 is 28.8 Å². The molecule has 41 heavy (non-hydrogen) atoms. The van der Waals surface area contributed by atoms with Gasteiger partial charge in [-0.3, -0.25) is 4.90 Å². The van der Waals surface area contributed by atoms with Gasteiger partial charge in [-0.05, 0) is 83.5 Å². The number of thiazole rings is 1. The third kappa shape index (κ3) is 9.56. The number of carbonyl (C=O) groups excluding carboxylic acids is 1. The minimum Gasteiger partial charge on any atom is -0.494 e. The van der Waals surface area contributed by atoms with Gasteiger partial charge in [-0.2, -0.15) is 0 Å². The van der Waals surface area contributed by atoms with E-state index in [-0.39, 0.29) is 12.6 Å². The standard InChI is InChI=1S/C31H43N3O6S/c1-5-37-30(36)31(3,4)40-26-10-8-25(9-11-26)38-19-7-6-14-33-15-17-34(18-16-33)21-24(35)22-39-27-12-13-29-28(20-27)32-23(2)41-29/h8-13,20,24,35H,5-7,14-19,21-22H2,1-4H3/t24-/m1/s1. The van der Waals surface area contributed by atoms with Gasteiger partial charge in [0.2, 0.25) is 0 Å². The molecule has 1 saturated heterocycles. The fourth-order valence-corrected chi connectivity index (χ4v) is 5.53. The molecule has 0 amide bonds. The van der Waals surface area contributed by atoms with Crippen molar-refractivity contribution in [3.63, 3.8) is 0 Å². The van der Waals surface area contributed by atoms with Crippen molar-refractivity contribution in [2.75, 3.05) is 59.1 Å². The van der Waals surface area contributed by atoms with E-state index >= 15 is 0 Å². The Hall–Kier alpha value is -2.92. The van der Waals surface area contributed by atoms with Crippen molar-refractivity contribution in [1.29, 1.82) is 0 Å². The number of aromatic nitrogens is 1. The van der Waals surface area contributed by atoms with Gasteiger partial charge < -0.3 is 29.0 Å². The lowest BCUT2D eigenvalue weighted by molar-refractivity contribution is -0.158. The quantitative estimate of drug-likeness (QED) is 0.204. The van der Waals surface area contributed by atoms with Crippen molar-refractivity contribution in [2.24, 2.45) is 0 Å². The molecule has 1 aliphatic heterocycles. The molecule has 0 saturated carbocycles. The maximum atomic E-state index is 12.0. The molecular weight excluding hydrogens is 542 g/mol. The van der Waals surface area contributed by atoms with Gasteiger partial charge >= 0.3 is 5.97 Å². The predicted molar refractivity (Wildman–Crippen MR) is 161 cm³/mol. The molecule has 4 rings (SSSR count). The van der Waals surface area contributed by atoms with Crippen LogP contribution in [0.5, 0.6) is 17.2 Å². The highest BCUT2D eigenvalue weighted by molar-refractivity contribution is 7.18. The molecule has 0 aliphatic carbocycles. The number of aliphatic hydroxyl groups is 1. The first-order chi connectivity index (χ1) is 19.7. The second-order valence-electron chi connectivity index (χ2n) is 10.8. The van der Waals surface area contributed by atoms with Crippen LogP contribution in [0.2, 0.25) is 0 Å². The SMILES string of the molecule is CCOC(=O)C(C)(C)Oc1ccc(OCCCCN2CCN(C[C@@H](O)COc3ccc4sc(C)nc4c3)CC2)cc1. The number of hydrogen-bond donors (Lipinski definition) is 1.